The van der Waals surface area contributed by atoms with E-state index < -0.39 is 5.82 Å². The average Bonchev–Trinajstić information content (AvgIpc) is 2.38. The first-order valence-corrected chi connectivity index (χ1v) is 5.35. The second-order valence-corrected chi connectivity index (χ2v) is 3.80. The number of hydrogen-bond donors (Lipinski definition) is 1. The first kappa shape index (κ1) is 12.1. The van der Waals surface area contributed by atoms with Crippen LogP contribution in [0.5, 0.6) is 5.75 Å². The van der Waals surface area contributed by atoms with Crippen molar-refractivity contribution in [1.82, 2.24) is 0 Å². The van der Waals surface area contributed by atoms with Gasteiger partial charge in [-0.15, -0.1) is 0 Å². The van der Waals surface area contributed by atoms with E-state index in [4.69, 9.17) is 10.5 Å². The fourth-order valence-corrected chi connectivity index (χ4v) is 1.69. The molecule has 0 saturated carbocycles. The number of carbonyl (C=O) groups is 1. The molecular weight excluding hydrogens is 233 g/mol. The van der Waals surface area contributed by atoms with Gasteiger partial charge in [0.25, 0.3) is 0 Å². The van der Waals surface area contributed by atoms with Gasteiger partial charge >= 0.3 is 0 Å². The molecule has 0 bridgehead atoms. The van der Waals surface area contributed by atoms with Crippen LogP contribution in [0.3, 0.4) is 0 Å². The van der Waals surface area contributed by atoms with Gasteiger partial charge in [-0.2, -0.15) is 0 Å². The Morgan fingerprint density at radius 2 is 2.00 bits per heavy atom. The number of ether oxygens (including phenoxy) is 1. The number of carbonyl (C=O) groups excluding carboxylic acids is 1. The zero-order valence-corrected chi connectivity index (χ0v) is 9.81. The number of nitrogen functional groups attached to an aromatic ring is 1. The van der Waals surface area contributed by atoms with Crippen LogP contribution in [0.1, 0.15) is 15.9 Å². The van der Waals surface area contributed by atoms with Crippen LogP contribution < -0.4 is 10.5 Å². The predicted octanol–water partition coefficient (Wildman–Crippen LogP) is 2.65. The summed E-state index contributed by atoms with van der Waals surface area (Å²) in [5, 5.41) is 0. The van der Waals surface area contributed by atoms with Crippen molar-refractivity contribution >= 4 is 11.5 Å². The molecule has 2 aromatic carbocycles. The van der Waals surface area contributed by atoms with Crippen molar-refractivity contribution in [1.29, 1.82) is 0 Å². The summed E-state index contributed by atoms with van der Waals surface area (Å²) in [4.78, 5) is 12.2. The molecule has 0 aliphatic heterocycles. The van der Waals surface area contributed by atoms with E-state index in [0.29, 0.717) is 17.0 Å². The largest absolute Gasteiger partial charge is 0.496 e. The SMILES string of the molecule is COc1ccc(F)cc1C(=O)c1cccc(N)c1. The van der Waals surface area contributed by atoms with Gasteiger partial charge in [-0.25, -0.2) is 4.39 Å². The lowest BCUT2D eigenvalue weighted by atomic mass is 10.0. The quantitative estimate of drug-likeness (QED) is 0.668. The normalized spacial score (nSPS) is 10.1. The van der Waals surface area contributed by atoms with Crippen LogP contribution in [0, 0.1) is 5.82 Å². The van der Waals surface area contributed by atoms with Gasteiger partial charge in [0.2, 0.25) is 0 Å². The van der Waals surface area contributed by atoms with Crippen molar-refractivity contribution in [3.05, 3.63) is 59.4 Å². The Balaban J connectivity index is 2.48. The second kappa shape index (κ2) is 4.87. The maximum absolute atomic E-state index is 13.2. The van der Waals surface area contributed by atoms with E-state index in [9.17, 15) is 9.18 Å². The minimum atomic E-state index is -0.483. The predicted molar refractivity (Wildman–Crippen MR) is 67.2 cm³/mol. The number of rotatable bonds is 3. The number of halogens is 1. The van der Waals surface area contributed by atoms with E-state index in [1.165, 1.54) is 19.2 Å². The molecule has 2 N–H and O–H groups in total. The minimum absolute atomic E-state index is 0.183. The molecule has 0 radical (unpaired) electrons. The molecule has 92 valence electrons. The van der Waals surface area contributed by atoms with E-state index in [0.717, 1.165) is 6.07 Å². The minimum Gasteiger partial charge on any atom is -0.496 e. The maximum Gasteiger partial charge on any atom is 0.196 e. The third-order valence-electron chi connectivity index (χ3n) is 2.55. The molecule has 0 fully saturated rings. The van der Waals surface area contributed by atoms with Crippen molar-refractivity contribution < 1.29 is 13.9 Å². The molecular formula is C14H12FNO2. The Labute approximate surface area is 104 Å². The summed E-state index contributed by atoms with van der Waals surface area (Å²) in [6.45, 7) is 0. The monoisotopic (exact) mass is 245 g/mol. The molecule has 2 rings (SSSR count). The molecule has 3 nitrogen and oxygen atoms in total. The highest BCUT2D eigenvalue weighted by atomic mass is 19.1. The van der Waals surface area contributed by atoms with Crippen LogP contribution in [-0.4, -0.2) is 12.9 Å². The van der Waals surface area contributed by atoms with Gasteiger partial charge in [0.15, 0.2) is 5.78 Å². The second-order valence-electron chi connectivity index (χ2n) is 3.80. The van der Waals surface area contributed by atoms with Gasteiger partial charge in [-0.1, -0.05) is 12.1 Å². The Morgan fingerprint density at radius 1 is 1.22 bits per heavy atom. The number of ketones is 1. The number of anilines is 1. The van der Waals surface area contributed by atoms with Crippen LogP contribution >= 0.6 is 0 Å². The molecule has 2 aromatic rings. The summed E-state index contributed by atoms with van der Waals surface area (Å²) in [6, 6.07) is 10.4. The number of methoxy groups -OCH3 is 1. The standard InChI is InChI=1S/C14H12FNO2/c1-18-13-6-5-10(15)8-12(13)14(17)9-3-2-4-11(16)7-9/h2-8H,16H2,1H3. The Kier molecular flexibility index (Phi) is 3.28. The van der Waals surface area contributed by atoms with Gasteiger partial charge in [-0.05, 0) is 30.3 Å². The summed E-state index contributed by atoms with van der Waals surface area (Å²) in [6.07, 6.45) is 0. The molecule has 0 spiro atoms. The Bertz CT molecular complexity index is 596. The lowest BCUT2D eigenvalue weighted by Crippen LogP contribution is -2.05. The molecule has 0 atom stereocenters. The number of hydrogen-bond acceptors (Lipinski definition) is 3. The number of benzene rings is 2. The lowest BCUT2D eigenvalue weighted by Gasteiger charge is -2.08. The van der Waals surface area contributed by atoms with Gasteiger partial charge in [-0.3, -0.25) is 4.79 Å². The smallest absolute Gasteiger partial charge is 0.196 e. The van der Waals surface area contributed by atoms with Crippen LogP contribution in [0.25, 0.3) is 0 Å². The van der Waals surface area contributed by atoms with E-state index in [-0.39, 0.29) is 11.3 Å². The molecule has 0 aliphatic carbocycles. The fourth-order valence-electron chi connectivity index (χ4n) is 1.69. The van der Waals surface area contributed by atoms with E-state index in [1.54, 1.807) is 24.3 Å². The first-order chi connectivity index (χ1) is 8.61. The van der Waals surface area contributed by atoms with Crippen LogP contribution in [0.2, 0.25) is 0 Å². The van der Waals surface area contributed by atoms with E-state index in [1.807, 2.05) is 0 Å². The van der Waals surface area contributed by atoms with Gasteiger partial charge in [0, 0.05) is 11.3 Å². The highest BCUT2D eigenvalue weighted by molar-refractivity contribution is 6.11. The maximum atomic E-state index is 13.2. The van der Waals surface area contributed by atoms with Crippen molar-refractivity contribution in [2.45, 2.75) is 0 Å². The fraction of sp³-hybridized carbons (Fsp3) is 0.0714. The summed E-state index contributed by atoms with van der Waals surface area (Å²) < 4.78 is 18.3. The first-order valence-electron chi connectivity index (χ1n) is 5.35. The zero-order chi connectivity index (χ0) is 13.1. The molecule has 0 heterocycles. The Hall–Kier alpha value is -2.36. The molecule has 4 heteroatoms. The molecule has 0 aliphatic rings. The van der Waals surface area contributed by atoms with Crippen LogP contribution in [-0.2, 0) is 0 Å². The summed E-state index contributed by atoms with van der Waals surface area (Å²) in [7, 11) is 1.43. The van der Waals surface area contributed by atoms with Crippen LogP contribution in [0.15, 0.2) is 42.5 Å². The highest BCUT2D eigenvalue weighted by Crippen LogP contribution is 2.23. The van der Waals surface area contributed by atoms with Gasteiger partial charge in [0.1, 0.15) is 11.6 Å². The van der Waals surface area contributed by atoms with Crippen molar-refractivity contribution in [3.63, 3.8) is 0 Å². The average molecular weight is 245 g/mol. The summed E-state index contributed by atoms with van der Waals surface area (Å²) in [5.74, 6) is -0.467. The van der Waals surface area contributed by atoms with Crippen molar-refractivity contribution in [2.75, 3.05) is 12.8 Å². The third-order valence-corrected chi connectivity index (χ3v) is 2.55. The van der Waals surface area contributed by atoms with Crippen LogP contribution in [0.4, 0.5) is 10.1 Å². The van der Waals surface area contributed by atoms with Gasteiger partial charge < -0.3 is 10.5 Å². The van der Waals surface area contributed by atoms with E-state index in [2.05, 4.69) is 0 Å². The molecule has 18 heavy (non-hydrogen) atoms. The molecule has 0 unspecified atom stereocenters. The van der Waals surface area contributed by atoms with Crippen molar-refractivity contribution in [2.24, 2.45) is 0 Å². The van der Waals surface area contributed by atoms with Gasteiger partial charge in [0.05, 0.1) is 12.7 Å². The summed E-state index contributed by atoms with van der Waals surface area (Å²) >= 11 is 0. The van der Waals surface area contributed by atoms with Crippen molar-refractivity contribution in [3.8, 4) is 5.75 Å². The molecule has 0 amide bonds. The lowest BCUT2D eigenvalue weighted by molar-refractivity contribution is 0.103. The third kappa shape index (κ3) is 2.32. The topological polar surface area (TPSA) is 52.3 Å². The Morgan fingerprint density at radius 3 is 2.67 bits per heavy atom. The zero-order valence-electron chi connectivity index (χ0n) is 9.81. The molecule has 0 saturated heterocycles. The number of nitrogens with two attached hydrogens (primary N) is 1. The van der Waals surface area contributed by atoms with E-state index >= 15 is 0 Å². The summed E-state index contributed by atoms with van der Waals surface area (Å²) in [5.41, 5.74) is 6.69. The highest BCUT2D eigenvalue weighted by Gasteiger charge is 2.15. The molecule has 0 aromatic heterocycles.